The number of carbonyl (C=O) groups is 1. The van der Waals surface area contributed by atoms with E-state index in [-0.39, 0.29) is 39.7 Å². The van der Waals surface area contributed by atoms with Crippen molar-refractivity contribution in [3.63, 3.8) is 0 Å². The Morgan fingerprint density at radius 2 is 1.79 bits per heavy atom. The lowest BCUT2D eigenvalue weighted by Crippen LogP contribution is -2.21. The summed E-state index contributed by atoms with van der Waals surface area (Å²) in [6, 6.07) is 25.0. The molecule has 0 spiro atoms. The standard InChI is InChI=1S/C32H21BrCl2N4O4/c1-18-6-2-4-8-25(18)37-29(40)17-42-30-23(34)12-19(13-24(30)35)16-36-39-31(38-26-9-5-3-7-22(26)32(39)41)28-15-20-14-21(33)10-11-27(20)43-28/h2-16H,17H2,1H3,(H,37,40). The summed E-state index contributed by atoms with van der Waals surface area (Å²) in [5.74, 6) is 0.390. The van der Waals surface area contributed by atoms with Gasteiger partial charge in [-0.15, -0.1) is 0 Å². The van der Waals surface area contributed by atoms with E-state index in [2.05, 4.69) is 26.3 Å². The summed E-state index contributed by atoms with van der Waals surface area (Å²) in [5, 5.41) is 8.83. The molecule has 4 aromatic carbocycles. The van der Waals surface area contributed by atoms with E-state index in [0.29, 0.717) is 33.5 Å². The molecule has 8 nitrogen and oxygen atoms in total. The molecule has 0 aliphatic carbocycles. The van der Waals surface area contributed by atoms with Crippen molar-refractivity contribution in [3.8, 4) is 17.3 Å². The highest BCUT2D eigenvalue weighted by Crippen LogP contribution is 2.34. The second-order valence-electron chi connectivity index (χ2n) is 9.57. The third kappa shape index (κ3) is 6.06. The van der Waals surface area contributed by atoms with Gasteiger partial charge < -0.3 is 14.5 Å². The average Bonchev–Trinajstić information content (AvgIpc) is 3.40. The molecule has 0 saturated carbocycles. The smallest absolute Gasteiger partial charge is 0.282 e. The van der Waals surface area contributed by atoms with Crippen molar-refractivity contribution >= 4 is 78.8 Å². The van der Waals surface area contributed by atoms with Crippen molar-refractivity contribution in [1.82, 2.24) is 9.66 Å². The Morgan fingerprint density at radius 1 is 1.05 bits per heavy atom. The number of hydrogen-bond acceptors (Lipinski definition) is 6. The Bertz CT molecular complexity index is 2100. The van der Waals surface area contributed by atoms with Crippen LogP contribution in [0.2, 0.25) is 10.0 Å². The number of aryl methyl sites for hydroxylation is 1. The number of carbonyl (C=O) groups excluding carboxylic acids is 1. The fourth-order valence-electron chi connectivity index (χ4n) is 4.47. The molecule has 11 heteroatoms. The summed E-state index contributed by atoms with van der Waals surface area (Å²) in [7, 11) is 0. The lowest BCUT2D eigenvalue weighted by atomic mass is 10.2. The van der Waals surface area contributed by atoms with Gasteiger partial charge in [0.05, 0.1) is 27.2 Å². The van der Waals surface area contributed by atoms with Crippen LogP contribution in [0.5, 0.6) is 5.75 Å². The molecule has 1 N–H and O–H groups in total. The second kappa shape index (κ2) is 12.0. The second-order valence-corrected chi connectivity index (χ2v) is 11.3. The number of para-hydroxylation sites is 2. The molecule has 2 heterocycles. The van der Waals surface area contributed by atoms with Crippen molar-refractivity contribution in [2.75, 3.05) is 11.9 Å². The maximum Gasteiger partial charge on any atom is 0.282 e. The molecule has 0 saturated heterocycles. The number of furan rings is 1. The van der Waals surface area contributed by atoms with Gasteiger partial charge >= 0.3 is 0 Å². The van der Waals surface area contributed by atoms with E-state index >= 15 is 0 Å². The molecule has 2 aromatic heterocycles. The van der Waals surface area contributed by atoms with Crippen molar-refractivity contribution in [1.29, 1.82) is 0 Å². The Hall–Kier alpha value is -4.44. The van der Waals surface area contributed by atoms with Gasteiger partial charge in [0.1, 0.15) is 5.58 Å². The Morgan fingerprint density at radius 3 is 2.58 bits per heavy atom. The van der Waals surface area contributed by atoms with E-state index < -0.39 is 0 Å². The van der Waals surface area contributed by atoms with Gasteiger partial charge in [-0.3, -0.25) is 9.59 Å². The number of fused-ring (bicyclic) bond motifs is 2. The quantitative estimate of drug-likeness (QED) is 0.173. The van der Waals surface area contributed by atoms with Crippen LogP contribution in [0.3, 0.4) is 0 Å². The van der Waals surface area contributed by atoms with Crippen molar-refractivity contribution < 1.29 is 13.9 Å². The topological polar surface area (TPSA) is 98.7 Å². The number of anilines is 1. The fraction of sp³-hybridized carbons (Fsp3) is 0.0625. The predicted octanol–water partition coefficient (Wildman–Crippen LogP) is 8.09. The van der Waals surface area contributed by atoms with Gasteiger partial charge in [0.15, 0.2) is 18.1 Å². The lowest BCUT2D eigenvalue weighted by Gasteiger charge is -2.12. The number of aromatic nitrogens is 2. The zero-order chi connectivity index (χ0) is 30.1. The highest BCUT2D eigenvalue weighted by molar-refractivity contribution is 9.10. The van der Waals surface area contributed by atoms with E-state index in [1.807, 2.05) is 49.4 Å². The third-order valence-corrected chi connectivity index (χ3v) is 7.62. The summed E-state index contributed by atoms with van der Waals surface area (Å²) >= 11 is 16.4. The van der Waals surface area contributed by atoms with E-state index in [1.54, 1.807) is 42.5 Å². The molecule has 0 atom stereocenters. The SMILES string of the molecule is Cc1ccccc1NC(=O)COc1c(Cl)cc(C=Nn2c(-c3cc4cc(Br)ccc4o3)nc3ccccc3c2=O)cc1Cl. The van der Waals surface area contributed by atoms with E-state index in [0.717, 1.165) is 15.4 Å². The maximum absolute atomic E-state index is 13.6. The first kappa shape index (κ1) is 28.7. The van der Waals surface area contributed by atoms with Gasteiger partial charge in [-0.25, -0.2) is 4.98 Å². The highest BCUT2D eigenvalue weighted by Gasteiger charge is 2.17. The number of rotatable bonds is 7. The zero-order valence-corrected chi connectivity index (χ0v) is 25.6. The van der Waals surface area contributed by atoms with Gasteiger partial charge in [-0.05, 0) is 72.6 Å². The molecular weight excluding hydrogens is 655 g/mol. The summed E-state index contributed by atoms with van der Waals surface area (Å²) in [5.41, 5.74) is 2.87. The van der Waals surface area contributed by atoms with Crippen LogP contribution in [0.25, 0.3) is 33.5 Å². The number of nitrogens with zero attached hydrogens (tertiary/aromatic N) is 3. The van der Waals surface area contributed by atoms with Gasteiger partial charge in [0, 0.05) is 15.5 Å². The Kier molecular flexibility index (Phi) is 8.03. The van der Waals surface area contributed by atoms with Crippen molar-refractivity contribution in [2.24, 2.45) is 5.10 Å². The first-order valence-corrected chi connectivity index (χ1v) is 14.5. The first-order valence-electron chi connectivity index (χ1n) is 13.0. The predicted molar refractivity (Wildman–Crippen MR) is 174 cm³/mol. The zero-order valence-electron chi connectivity index (χ0n) is 22.5. The van der Waals surface area contributed by atoms with Gasteiger partial charge in [-0.2, -0.15) is 9.78 Å². The molecule has 0 bridgehead atoms. The van der Waals surface area contributed by atoms with Crippen molar-refractivity contribution in [2.45, 2.75) is 6.92 Å². The molecule has 0 aliphatic heterocycles. The van der Waals surface area contributed by atoms with Crippen LogP contribution in [-0.4, -0.2) is 28.4 Å². The van der Waals surface area contributed by atoms with E-state index in [9.17, 15) is 9.59 Å². The third-order valence-electron chi connectivity index (χ3n) is 6.56. The van der Waals surface area contributed by atoms with E-state index in [1.165, 1.54) is 10.9 Å². The van der Waals surface area contributed by atoms with Crippen LogP contribution < -0.4 is 15.6 Å². The number of halogens is 3. The number of ether oxygens (including phenoxy) is 1. The van der Waals surface area contributed by atoms with Crippen LogP contribution in [0.4, 0.5) is 5.69 Å². The van der Waals surface area contributed by atoms with Crippen LogP contribution in [0.1, 0.15) is 11.1 Å². The summed E-state index contributed by atoms with van der Waals surface area (Å²) < 4.78 is 13.7. The number of benzene rings is 4. The first-order chi connectivity index (χ1) is 20.8. The highest BCUT2D eigenvalue weighted by atomic mass is 79.9. The normalized spacial score (nSPS) is 11.4. The molecule has 43 heavy (non-hydrogen) atoms. The number of amides is 1. The molecule has 6 rings (SSSR count). The minimum absolute atomic E-state index is 0.152. The molecule has 0 unspecified atom stereocenters. The van der Waals surface area contributed by atoms with Crippen LogP contribution in [0.15, 0.2) is 104 Å². The summed E-state index contributed by atoms with van der Waals surface area (Å²) in [4.78, 5) is 30.7. The average molecular weight is 676 g/mol. The van der Waals surface area contributed by atoms with Gasteiger partial charge in [-0.1, -0.05) is 69.5 Å². The number of nitrogens with one attached hydrogen (secondary N) is 1. The van der Waals surface area contributed by atoms with Crippen molar-refractivity contribution in [3.05, 3.63) is 121 Å². The minimum Gasteiger partial charge on any atom is -0.481 e. The summed E-state index contributed by atoms with van der Waals surface area (Å²) in [6.07, 6.45) is 1.44. The molecule has 0 fully saturated rings. The van der Waals surface area contributed by atoms with Crippen LogP contribution in [-0.2, 0) is 4.79 Å². The molecular formula is C32H21BrCl2N4O4. The molecule has 6 aromatic rings. The van der Waals surface area contributed by atoms with Gasteiger partial charge in [0.2, 0.25) is 5.82 Å². The molecule has 214 valence electrons. The van der Waals surface area contributed by atoms with E-state index in [4.69, 9.17) is 37.3 Å². The van der Waals surface area contributed by atoms with Crippen LogP contribution >= 0.6 is 39.1 Å². The molecule has 0 aliphatic rings. The summed E-state index contributed by atoms with van der Waals surface area (Å²) in [6.45, 7) is 1.60. The largest absolute Gasteiger partial charge is 0.481 e. The molecule has 0 radical (unpaired) electrons. The monoisotopic (exact) mass is 674 g/mol. The Balaban J connectivity index is 1.30. The van der Waals surface area contributed by atoms with Crippen LogP contribution in [0, 0.1) is 6.92 Å². The van der Waals surface area contributed by atoms with Gasteiger partial charge in [0.25, 0.3) is 11.5 Å². The number of hydrogen-bond donors (Lipinski definition) is 1. The molecule has 1 amide bonds. The minimum atomic E-state index is -0.379. The lowest BCUT2D eigenvalue weighted by molar-refractivity contribution is -0.118. The maximum atomic E-state index is 13.6. The Labute approximate surface area is 263 Å². The fourth-order valence-corrected chi connectivity index (χ4v) is 5.46.